The van der Waals surface area contributed by atoms with Gasteiger partial charge in [-0.3, -0.25) is 0 Å². The average Bonchev–Trinajstić information content (AvgIpc) is 2.71. The van der Waals surface area contributed by atoms with Crippen LogP contribution in [0.3, 0.4) is 0 Å². The predicted molar refractivity (Wildman–Crippen MR) is 110 cm³/mol. The van der Waals surface area contributed by atoms with Crippen LogP contribution in [0, 0.1) is 0 Å². The maximum Gasteiger partial charge on any atom is 0.317 e. The first-order valence-corrected chi connectivity index (χ1v) is 9.87. The minimum Gasteiger partial charge on any atom is -0.497 e. The highest BCUT2D eigenvalue weighted by molar-refractivity contribution is 5.74. The molecule has 1 saturated heterocycles. The largest absolute Gasteiger partial charge is 0.497 e. The van der Waals surface area contributed by atoms with E-state index in [1.165, 1.54) is 0 Å². The molecule has 1 atom stereocenters. The van der Waals surface area contributed by atoms with Gasteiger partial charge in [0.15, 0.2) is 0 Å². The summed E-state index contributed by atoms with van der Waals surface area (Å²) in [4.78, 5) is 19.3. The number of hydrogen-bond acceptors (Lipinski definition) is 4. The van der Waals surface area contributed by atoms with Gasteiger partial charge in [0.05, 0.1) is 13.2 Å². The van der Waals surface area contributed by atoms with Gasteiger partial charge in [0, 0.05) is 19.1 Å². The molecule has 0 radical (unpaired) electrons. The van der Waals surface area contributed by atoms with Crippen LogP contribution < -0.4 is 10.1 Å². The molecule has 27 heavy (non-hydrogen) atoms. The molecule has 6 heteroatoms. The van der Waals surface area contributed by atoms with Gasteiger partial charge in [0.2, 0.25) is 0 Å². The molecule has 1 unspecified atom stereocenters. The van der Waals surface area contributed by atoms with E-state index in [0.29, 0.717) is 6.54 Å². The summed E-state index contributed by atoms with van der Waals surface area (Å²) >= 11 is 0. The Kier molecular flexibility index (Phi) is 7.50. The van der Waals surface area contributed by atoms with E-state index >= 15 is 0 Å². The van der Waals surface area contributed by atoms with Gasteiger partial charge in [0.1, 0.15) is 5.75 Å². The number of carbonyl (C=O) groups excluding carboxylic acids is 1. The van der Waals surface area contributed by atoms with Crippen LogP contribution in [0.15, 0.2) is 24.3 Å². The van der Waals surface area contributed by atoms with E-state index in [2.05, 4.69) is 36.1 Å². The standard InChI is InChI=1S/C21H36N4O2/c1-7-25-14-12-21(13-15-25,23(3)4)16-22-20(26)24(5)17(2)18-8-10-19(27-6)11-9-18/h8-11,17H,7,12-16H2,1-6H3,(H,22,26). The number of rotatable bonds is 7. The van der Waals surface area contributed by atoms with E-state index in [4.69, 9.17) is 4.74 Å². The van der Waals surface area contributed by atoms with Crippen molar-refractivity contribution >= 4 is 6.03 Å². The number of nitrogens with one attached hydrogen (secondary N) is 1. The Bertz CT molecular complexity index is 595. The Morgan fingerprint density at radius 1 is 1.22 bits per heavy atom. The number of urea groups is 1. The summed E-state index contributed by atoms with van der Waals surface area (Å²) in [5.41, 5.74) is 1.12. The zero-order valence-corrected chi connectivity index (χ0v) is 17.8. The van der Waals surface area contributed by atoms with Gasteiger partial charge in [-0.1, -0.05) is 19.1 Å². The van der Waals surface area contributed by atoms with E-state index in [1.807, 2.05) is 38.2 Å². The Balaban J connectivity index is 1.96. The number of benzene rings is 1. The monoisotopic (exact) mass is 376 g/mol. The second-order valence-electron chi connectivity index (χ2n) is 7.77. The smallest absolute Gasteiger partial charge is 0.317 e. The average molecular weight is 377 g/mol. The quantitative estimate of drug-likeness (QED) is 0.795. The van der Waals surface area contributed by atoms with Crippen LogP contribution in [0.5, 0.6) is 5.75 Å². The molecule has 1 aromatic rings. The van der Waals surface area contributed by atoms with E-state index in [-0.39, 0.29) is 17.6 Å². The molecule has 1 fully saturated rings. The highest BCUT2D eigenvalue weighted by Crippen LogP contribution is 2.27. The van der Waals surface area contributed by atoms with Crippen molar-refractivity contribution < 1.29 is 9.53 Å². The summed E-state index contributed by atoms with van der Waals surface area (Å²) < 4.78 is 5.21. The Labute approximate surface area is 164 Å². The molecule has 1 heterocycles. The molecule has 1 aliphatic heterocycles. The number of likely N-dealkylation sites (tertiary alicyclic amines) is 1. The van der Waals surface area contributed by atoms with E-state index in [1.54, 1.807) is 12.0 Å². The van der Waals surface area contributed by atoms with Gasteiger partial charge in [0.25, 0.3) is 0 Å². The van der Waals surface area contributed by atoms with Gasteiger partial charge in [-0.15, -0.1) is 0 Å². The van der Waals surface area contributed by atoms with Crippen LogP contribution in [-0.2, 0) is 0 Å². The zero-order valence-electron chi connectivity index (χ0n) is 17.8. The molecule has 1 aliphatic rings. The molecular formula is C21H36N4O2. The summed E-state index contributed by atoms with van der Waals surface area (Å²) in [6.45, 7) is 8.20. The summed E-state index contributed by atoms with van der Waals surface area (Å²) in [7, 11) is 7.75. The second-order valence-corrected chi connectivity index (χ2v) is 7.77. The topological polar surface area (TPSA) is 48.1 Å². The molecule has 2 rings (SSSR count). The van der Waals surface area contributed by atoms with Crippen molar-refractivity contribution in [1.82, 2.24) is 20.0 Å². The third-order valence-electron chi connectivity index (χ3n) is 6.25. The Morgan fingerprint density at radius 2 is 1.81 bits per heavy atom. The third kappa shape index (κ3) is 5.14. The molecule has 0 spiro atoms. The summed E-state index contributed by atoms with van der Waals surface area (Å²) in [5.74, 6) is 0.824. The van der Waals surface area contributed by atoms with Crippen LogP contribution in [-0.4, -0.2) is 80.7 Å². The summed E-state index contributed by atoms with van der Waals surface area (Å²) in [6.07, 6.45) is 2.15. The molecular weight excluding hydrogens is 340 g/mol. The maximum absolute atomic E-state index is 12.8. The fourth-order valence-electron chi connectivity index (χ4n) is 3.71. The molecule has 0 aromatic heterocycles. The lowest BCUT2D eigenvalue weighted by Crippen LogP contribution is -2.59. The second kappa shape index (κ2) is 9.42. The number of piperidine rings is 1. The van der Waals surface area contributed by atoms with Crippen molar-refractivity contribution in [2.45, 2.75) is 38.3 Å². The number of nitrogens with zero attached hydrogens (tertiary/aromatic N) is 3. The summed E-state index contributed by atoms with van der Waals surface area (Å²) in [6, 6.07) is 7.84. The fourth-order valence-corrected chi connectivity index (χ4v) is 3.71. The maximum atomic E-state index is 12.8. The van der Waals surface area contributed by atoms with Crippen LogP contribution in [0.2, 0.25) is 0 Å². The van der Waals surface area contributed by atoms with Crippen molar-refractivity contribution in [3.63, 3.8) is 0 Å². The molecule has 1 aromatic carbocycles. The van der Waals surface area contributed by atoms with Crippen LogP contribution in [0.1, 0.15) is 38.3 Å². The first-order valence-electron chi connectivity index (χ1n) is 9.87. The molecule has 0 aliphatic carbocycles. The molecule has 0 bridgehead atoms. The van der Waals surface area contributed by atoms with Gasteiger partial charge in [-0.25, -0.2) is 4.79 Å². The normalized spacial score (nSPS) is 18.2. The number of ether oxygens (including phenoxy) is 1. The molecule has 152 valence electrons. The lowest BCUT2D eigenvalue weighted by Gasteiger charge is -2.46. The zero-order chi connectivity index (χ0) is 20.0. The molecule has 0 saturated carbocycles. The van der Waals surface area contributed by atoms with Gasteiger partial charge in [-0.05, 0) is 71.2 Å². The Hall–Kier alpha value is -1.79. The number of methoxy groups -OCH3 is 1. The highest BCUT2D eigenvalue weighted by Gasteiger charge is 2.36. The lowest BCUT2D eigenvalue weighted by molar-refractivity contribution is 0.0585. The molecule has 1 N–H and O–H groups in total. The van der Waals surface area contributed by atoms with Crippen LogP contribution in [0.25, 0.3) is 0 Å². The first kappa shape index (κ1) is 21.5. The van der Waals surface area contributed by atoms with E-state index in [0.717, 1.165) is 43.8 Å². The first-order chi connectivity index (χ1) is 12.8. The minimum absolute atomic E-state index is 0.00634. The van der Waals surface area contributed by atoms with E-state index in [9.17, 15) is 4.79 Å². The van der Waals surface area contributed by atoms with Gasteiger partial charge in [-0.2, -0.15) is 0 Å². The number of amides is 2. The minimum atomic E-state index is -0.0301. The van der Waals surface area contributed by atoms with Crippen molar-refractivity contribution in [2.24, 2.45) is 0 Å². The SMILES string of the molecule is CCN1CCC(CNC(=O)N(C)C(C)c2ccc(OC)cc2)(N(C)C)CC1. The van der Waals surface area contributed by atoms with Crippen molar-refractivity contribution in [3.8, 4) is 5.75 Å². The summed E-state index contributed by atoms with van der Waals surface area (Å²) in [5, 5.41) is 3.18. The number of likely N-dealkylation sites (N-methyl/N-ethyl adjacent to an activating group) is 1. The lowest BCUT2D eigenvalue weighted by atomic mass is 9.86. The van der Waals surface area contributed by atoms with Gasteiger partial charge >= 0.3 is 6.03 Å². The van der Waals surface area contributed by atoms with Crippen molar-refractivity contribution in [2.75, 3.05) is 54.4 Å². The molecule has 2 amide bonds. The molecule has 6 nitrogen and oxygen atoms in total. The van der Waals surface area contributed by atoms with E-state index < -0.39 is 0 Å². The van der Waals surface area contributed by atoms with Crippen molar-refractivity contribution in [1.29, 1.82) is 0 Å². The third-order valence-corrected chi connectivity index (χ3v) is 6.25. The fraction of sp³-hybridized carbons (Fsp3) is 0.667. The van der Waals surface area contributed by atoms with Gasteiger partial charge < -0.3 is 24.8 Å². The Morgan fingerprint density at radius 3 is 2.30 bits per heavy atom. The predicted octanol–water partition coefficient (Wildman–Crippen LogP) is 2.81. The van der Waals surface area contributed by atoms with Crippen LogP contribution >= 0.6 is 0 Å². The van der Waals surface area contributed by atoms with Crippen LogP contribution in [0.4, 0.5) is 4.79 Å². The van der Waals surface area contributed by atoms with Crippen molar-refractivity contribution in [3.05, 3.63) is 29.8 Å². The highest BCUT2D eigenvalue weighted by atomic mass is 16.5. The number of hydrogen-bond donors (Lipinski definition) is 1. The number of carbonyl (C=O) groups is 1.